The van der Waals surface area contributed by atoms with Crippen LogP contribution in [0.25, 0.3) is 0 Å². The van der Waals surface area contributed by atoms with Crippen LogP contribution in [-0.4, -0.2) is 36.3 Å². The lowest BCUT2D eigenvalue weighted by molar-refractivity contribution is -0.134. The summed E-state index contributed by atoms with van der Waals surface area (Å²) < 4.78 is 12.8. The predicted molar refractivity (Wildman–Crippen MR) is 78.1 cm³/mol. The van der Waals surface area contributed by atoms with Gasteiger partial charge >= 0.3 is 0 Å². The van der Waals surface area contributed by atoms with Crippen LogP contribution >= 0.6 is 0 Å². The first-order valence-electron chi connectivity index (χ1n) is 7.33. The minimum atomic E-state index is -0.325. The molecule has 0 aliphatic carbocycles. The summed E-state index contributed by atoms with van der Waals surface area (Å²) in [5, 5.41) is 2.63. The third kappa shape index (κ3) is 4.85. The van der Waals surface area contributed by atoms with E-state index in [1.165, 1.54) is 12.1 Å². The molecule has 1 saturated heterocycles. The highest BCUT2D eigenvalue weighted by Gasteiger charge is 2.20. The van der Waals surface area contributed by atoms with Crippen molar-refractivity contribution in [1.82, 2.24) is 10.2 Å². The van der Waals surface area contributed by atoms with E-state index in [1.807, 2.05) is 4.90 Å². The van der Waals surface area contributed by atoms with E-state index in [4.69, 9.17) is 0 Å². The topological polar surface area (TPSA) is 49.4 Å². The summed E-state index contributed by atoms with van der Waals surface area (Å²) in [7, 11) is 0. The van der Waals surface area contributed by atoms with E-state index in [1.54, 1.807) is 12.1 Å². The molecule has 1 aliphatic heterocycles. The van der Waals surface area contributed by atoms with Crippen LogP contribution in [0.2, 0.25) is 0 Å². The molecular formula is C16H21FN2O2. The van der Waals surface area contributed by atoms with Gasteiger partial charge in [-0.15, -0.1) is 0 Å². The maximum atomic E-state index is 12.8. The smallest absolute Gasteiger partial charge is 0.241 e. The zero-order chi connectivity index (χ0) is 15.2. The number of carbonyl (C=O) groups excluding carboxylic acids is 2. The number of halogens is 1. The Morgan fingerprint density at radius 2 is 2.05 bits per heavy atom. The van der Waals surface area contributed by atoms with Crippen molar-refractivity contribution in [2.75, 3.05) is 19.6 Å². The van der Waals surface area contributed by atoms with E-state index in [2.05, 4.69) is 12.2 Å². The van der Waals surface area contributed by atoms with Crippen molar-refractivity contribution in [3.05, 3.63) is 35.6 Å². The van der Waals surface area contributed by atoms with Crippen molar-refractivity contribution in [2.24, 2.45) is 5.92 Å². The zero-order valence-electron chi connectivity index (χ0n) is 12.3. The molecular weight excluding hydrogens is 271 g/mol. The summed E-state index contributed by atoms with van der Waals surface area (Å²) in [6.45, 7) is 3.71. The van der Waals surface area contributed by atoms with Crippen LogP contribution in [-0.2, 0) is 16.0 Å². The Balaban J connectivity index is 1.75. The molecule has 0 saturated carbocycles. The summed E-state index contributed by atoms with van der Waals surface area (Å²) in [4.78, 5) is 25.6. The molecule has 1 aliphatic rings. The summed E-state index contributed by atoms with van der Waals surface area (Å²) in [6.07, 6.45) is 2.33. The standard InChI is InChI=1S/C16H21FN2O2/c1-12-3-2-8-19(11-12)16(21)10-18-15(20)9-13-4-6-14(17)7-5-13/h4-7,12H,2-3,8-11H2,1H3,(H,18,20). The molecule has 0 radical (unpaired) electrons. The van der Waals surface area contributed by atoms with Crippen LogP contribution in [0.1, 0.15) is 25.3 Å². The molecule has 0 bridgehead atoms. The lowest BCUT2D eigenvalue weighted by Crippen LogP contribution is -2.44. The summed E-state index contributed by atoms with van der Waals surface area (Å²) in [6, 6.07) is 5.79. The first kappa shape index (κ1) is 15.5. The first-order chi connectivity index (χ1) is 10.0. The average Bonchev–Trinajstić information content (AvgIpc) is 2.47. The number of likely N-dealkylation sites (tertiary alicyclic amines) is 1. The third-order valence-electron chi connectivity index (χ3n) is 3.72. The number of hydrogen-bond acceptors (Lipinski definition) is 2. The second-order valence-corrected chi connectivity index (χ2v) is 5.67. The van der Waals surface area contributed by atoms with Gasteiger partial charge in [-0.25, -0.2) is 4.39 Å². The van der Waals surface area contributed by atoms with Crippen molar-refractivity contribution < 1.29 is 14.0 Å². The van der Waals surface area contributed by atoms with Gasteiger partial charge in [0.05, 0.1) is 13.0 Å². The van der Waals surface area contributed by atoms with E-state index >= 15 is 0 Å². The molecule has 1 aromatic carbocycles. The molecule has 5 heteroatoms. The molecule has 1 unspecified atom stereocenters. The highest BCUT2D eigenvalue weighted by Crippen LogP contribution is 2.15. The zero-order valence-corrected chi connectivity index (χ0v) is 12.3. The van der Waals surface area contributed by atoms with Gasteiger partial charge in [-0.3, -0.25) is 9.59 Å². The Labute approximate surface area is 124 Å². The Morgan fingerprint density at radius 1 is 1.33 bits per heavy atom. The van der Waals surface area contributed by atoms with Crippen molar-refractivity contribution >= 4 is 11.8 Å². The monoisotopic (exact) mass is 292 g/mol. The number of piperidine rings is 1. The Morgan fingerprint density at radius 3 is 2.71 bits per heavy atom. The Kier molecular flexibility index (Phi) is 5.31. The van der Waals surface area contributed by atoms with Crippen molar-refractivity contribution in [3.63, 3.8) is 0 Å². The minimum absolute atomic E-state index is 0.0333. The summed E-state index contributed by atoms with van der Waals surface area (Å²) >= 11 is 0. The van der Waals surface area contributed by atoms with E-state index in [0.717, 1.165) is 31.5 Å². The lowest BCUT2D eigenvalue weighted by atomic mass is 10.0. The van der Waals surface area contributed by atoms with Crippen molar-refractivity contribution in [2.45, 2.75) is 26.2 Å². The Bertz CT molecular complexity index is 502. The highest BCUT2D eigenvalue weighted by molar-refractivity contribution is 5.85. The number of nitrogens with one attached hydrogen (secondary N) is 1. The molecule has 114 valence electrons. The molecule has 1 fully saturated rings. The fourth-order valence-corrected chi connectivity index (χ4v) is 2.55. The second kappa shape index (κ2) is 7.20. The quantitative estimate of drug-likeness (QED) is 0.919. The predicted octanol–water partition coefficient (Wildman–Crippen LogP) is 1.74. The van der Waals surface area contributed by atoms with Gasteiger partial charge in [-0.2, -0.15) is 0 Å². The van der Waals surface area contributed by atoms with E-state index in [-0.39, 0.29) is 30.6 Å². The van der Waals surface area contributed by atoms with E-state index in [9.17, 15) is 14.0 Å². The normalized spacial score (nSPS) is 18.4. The number of amides is 2. The third-order valence-corrected chi connectivity index (χ3v) is 3.72. The summed E-state index contributed by atoms with van der Waals surface area (Å²) in [5.41, 5.74) is 0.730. The van der Waals surface area contributed by atoms with Gasteiger partial charge in [0.2, 0.25) is 11.8 Å². The van der Waals surface area contributed by atoms with E-state index in [0.29, 0.717) is 5.92 Å². The number of nitrogens with zero attached hydrogens (tertiary/aromatic N) is 1. The molecule has 1 N–H and O–H groups in total. The number of rotatable bonds is 4. The van der Waals surface area contributed by atoms with Gasteiger partial charge in [0.1, 0.15) is 5.82 Å². The van der Waals surface area contributed by atoms with Gasteiger partial charge in [0.25, 0.3) is 0 Å². The molecule has 21 heavy (non-hydrogen) atoms. The fraction of sp³-hybridized carbons (Fsp3) is 0.500. The first-order valence-corrected chi connectivity index (χ1v) is 7.33. The van der Waals surface area contributed by atoms with Gasteiger partial charge in [-0.1, -0.05) is 19.1 Å². The van der Waals surface area contributed by atoms with Gasteiger partial charge < -0.3 is 10.2 Å². The molecule has 2 rings (SSSR count). The SMILES string of the molecule is CC1CCCN(C(=O)CNC(=O)Cc2ccc(F)cc2)C1. The van der Waals surface area contributed by atoms with Crippen molar-refractivity contribution in [3.8, 4) is 0 Å². The summed E-state index contributed by atoms with van der Waals surface area (Å²) in [5.74, 6) is -0.0554. The number of hydrogen-bond donors (Lipinski definition) is 1. The van der Waals surface area contributed by atoms with Crippen LogP contribution in [0.15, 0.2) is 24.3 Å². The molecule has 0 spiro atoms. The fourth-order valence-electron chi connectivity index (χ4n) is 2.55. The highest BCUT2D eigenvalue weighted by atomic mass is 19.1. The minimum Gasteiger partial charge on any atom is -0.347 e. The molecule has 1 heterocycles. The lowest BCUT2D eigenvalue weighted by Gasteiger charge is -2.31. The van der Waals surface area contributed by atoms with E-state index < -0.39 is 0 Å². The molecule has 4 nitrogen and oxygen atoms in total. The maximum absolute atomic E-state index is 12.8. The van der Waals surface area contributed by atoms with Crippen molar-refractivity contribution in [1.29, 1.82) is 0 Å². The van der Waals surface area contributed by atoms with Gasteiger partial charge in [0, 0.05) is 13.1 Å². The molecule has 1 aromatic rings. The number of benzene rings is 1. The molecule has 1 atom stereocenters. The average molecular weight is 292 g/mol. The largest absolute Gasteiger partial charge is 0.347 e. The van der Waals surface area contributed by atoms with Crippen LogP contribution in [0.4, 0.5) is 4.39 Å². The van der Waals surface area contributed by atoms with Gasteiger partial charge in [0.15, 0.2) is 0 Å². The van der Waals surface area contributed by atoms with Crippen LogP contribution in [0.3, 0.4) is 0 Å². The second-order valence-electron chi connectivity index (χ2n) is 5.67. The van der Waals surface area contributed by atoms with Crippen LogP contribution < -0.4 is 5.32 Å². The van der Waals surface area contributed by atoms with Crippen LogP contribution in [0.5, 0.6) is 0 Å². The molecule has 0 aromatic heterocycles. The molecule has 2 amide bonds. The van der Waals surface area contributed by atoms with Gasteiger partial charge in [-0.05, 0) is 36.5 Å². The maximum Gasteiger partial charge on any atom is 0.241 e. The number of carbonyl (C=O) groups is 2. The Hall–Kier alpha value is -1.91. The van der Waals surface area contributed by atoms with Crippen LogP contribution in [0, 0.1) is 11.7 Å².